The van der Waals surface area contributed by atoms with E-state index in [0.717, 1.165) is 37.9 Å². The van der Waals surface area contributed by atoms with Gasteiger partial charge in [-0.1, -0.05) is 18.2 Å². The van der Waals surface area contributed by atoms with Crippen molar-refractivity contribution >= 4 is 29.9 Å². The van der Waals surface area contributed by atoms with E-state index < -0.39 is 5.82 Å². The largest absolute Gasteiger partial charge is 0.352 e. The first kappa shape index (κ1) is 21.3. The molecule has 7 heteroatoms. The Morgan fingerprint density at radius 2 is 1.86 bits per heavy atom. The molecule has 2 aliphatic rings. The molecule has 1 heterocycles. The predicted molar refractivity (Wildman–Crippen MR) is 113 cm³/mol. The molecule has 1 aliphatic carbocycles. The fourth-order valence-corrected chi connectivity index (χ4v) is 4.10. The van der Waals surface area contributed by atoms with Gasteiger partial charge >= 0.3 is 0 Å². The molecule has 2 amide bonds. The molecule has 0 aromatic heterocycles. The van der Waals surface area contributed by atoms with Crippen molar-refractivity contribution in [1.82, 2.24) is 10.6 Å². The van der Waals surface area contributed by atoms with Gasteiger partial charge in [-0.2, -0.15) is 0 Å². The first-order valence-electron chi connectivity index (χ1n) is 9.70. The van der Waals surface area contributed by atoms with Crippen LogP contribution in [0.4, 0.5) is 10.1 Å². The van der Waals surface area contributed by atoms with Crippen molar-refractivity contribution < 1.29 is 14.0 Å². The van der Waals surface area contributed by atoms with Gasteiger partial charge in [-0.05, 0) is 73.7 Å². The molecule has 3 N–H and O–H groups in total. The number of amides is 2. The van der Waals surface area contributed by atoms with Crippen molar-refractivity contribution in [3.05, 3.63) is 65.5 Å². The minimum absolute atomic E-state index is 0. The molecule has 1 aliphatic heterocycles. The number of nitrogens with one attached hydrogen (secondary N) is 3. The van der Waals surface area contributed by atoms with Crippen molar-refractivity contribution in [2.45, 2.75) is 25.8 Å². The lowest BCUT2D eigenvalue weighted by molar-refractivity contribution is -0.123. The molecule has 1 saturated carbocycles. The van der Waals surface area contributed by atoms with E-state index in [0.29, 0.717) is 12.2 Å². The molecule has 0 bridgehead atoms. The normalized spacial score (nSPS) is 19.1. The van der Waals surface area contributed by atoms with Crippen LogP contribution in [0.2, 0.25) is 0 Å². The molecule has 2 aromatic carbocycles. The first-order chi connectivity index (χ1) is 13.6. The monoisotopic (exact) mass is 417 g/mol. The molecule has 29 heavy (non-hydrogen) atoms. The lowest BCUT2D eigenvalue weighted by atomic mass is 9.92. The third kappa shape index (κ3) is 4.95. The third-order valence-corrected chi connectivity index (χ3v) is 5.84. The Morgan fingerprint density at radius 3 is 2.62 bits per heavy atom. The van der Waals surface area contributed by atoms with Crippen LogP contribution in [0, 0.1) is 17.2 Å². The highest BCUT2D eigenvalue weighted by atomic mass is 35.5. The van der Waals surface area contributed by atoms with Gasteiger partial charge in [0.2, 0.25) is 5.91 Å². The van der Waals surface area contributed by atoms with E-state index in [2.05, 4.69) is 16.0 Å². The van der Waals surface area contributed by atoms with Crippen LogP contribution < -0.4 is 16.0 Å². The molecular formula is C22H25ClFN3O2. The second kappa shape index (κ2) is 8.93. The summed E-state index contributed by atoms with van der Waals surface area (Å²) in [5.74, 6) is -0.566. The Morgan fingerprint density at radius 1 is 1.10 bits per heavy atom. The molecule has 2 aromatic rings. The molecule has 0 radical (unpaired) electrons. The maximum atomic E-state index is 13.3. The fourth-order valence-electron chi connectivity index (χ4n) is 4.10. The van der Waals surface area contributed by atoms with Crippen LogP contribution in [-0.2, 0) is 11.3 Å². The second-order valence-electron chi connectivity index (χ2n) is 7.75. The van der Waals surface area contributed by atoms with E-state index in [4.69, 9.17) is 0 Å². The van der Waals surface area contributed by atoms with Gasteiger partial charge in [0.1, 0.15) is 5.82 Å². The van der Waals surface area contributed by atoms with Crippen molar-refractivity contribution in [2.75, 3.05) is 18.4 Å². The number of carbonyl (C=O) groups excluding carboxylic acids is 2. The summed E-state index contributed by atoms with van der Waals surface area (Å²) in [6.07, 6.45) is 3.14. The van der Waals surface area contributed by atoms with E-state index in [-0.39, 0.29) is 41.1 Å². The Balaban J connectivity index is 0.00000240. The van der Waals surface area contributed by atoms with Crippen LogP contribution in [0.25, 0.3) is 0 Å². The second-order valence-corrected chi connectivity index (χ2v) is 7.75. The van der Waals surface area contributed by atoms with Gasteiger partial charge in [-0.3, -0.25) is 9.59 Å². The summed E-state index contributed by atoms with van der Waals surface area (Å²) in [5, 5.41) is 9.15. The Hall–Kier alpha value is -2.44. The van der Waals surface area contributed by atoms with Crippen molar-refractivity contribution in [3.8, 4) is 0 Å². The van der Waals surface area contributed by atoms with Crippen molar-refractivity contribution in [1.29, 1.82) is 0 Å². The lowest BCUT2D eigenvalue weighted by Crippen LogP contribution is -2.33. The summed E-state index contributed by atoms with van der Waals surface area (Å²) in [6.45, 7) is 2.42. The lowest BCUT2D eigenvalue weighted by Gasteiger charge is -2.23. The van der Waals surface area contributed by atoms with Crippen LogP contribution in [0.5, 0.6) is 0 Å². The predicted octanol–water partition coefficient (Wildman–Crippen LogP) is 3.51. The number of anilines is 1. The number of hydrogen-bond acceptors (Lipinski definition) is 3. The maximum absolute atomic E-state index is 13.3. The van der Waals surface area contributed by atoms with E-state index in [1.54, 1.807) is 12.1 Å². The van der Waals surface area contributed by atoms with Gasteiger partial charge < -0.3 is 16.0 Å². The summed E-state index contributed by atoms with van der Waals surface area (Å²) >= 11 is 0. The molecular weight excluding hydrogens is 393 g/mol. The minimum Gasteiger partial charge on any atom is -0.352 e. The highest BCUT2D eigenvalue weighted by molar-refractivity contribution is 6.04. The minimum atomic E-state index is -0.448. The maximum Gasteiger partial charge on any atom is 0.255 e. The van der Waals surface area contributed by atoms with Crippen LogP contribution in [0.15, 0.2) is 48.5 Å². The number of benzene rings is 2. The van der Waals surface area contributed by atoms with Gasteiger partial charge in [0.25, 0.3) is 5.91 Å². The average molecular weight is 418 g/mol. The summed E-state index contributed by atoms with van der Waals surface area (Å²) < 4.78 is 13.3. The zero-order valence-electron chi connectivity index (χ0n) is 16.0. The van der Waals surface area contributed by atoms with Crippen molar-refractivity contribution in [2.24, 2.45) is 11.3 Å². The van der Waals surface area contributed by atoms with E-state index >= 15 is 0 Å². The highest BCUT2D eigenvalue weighted by Crippen LogP contribution is 2.58. The van der Waals surface area contributed by atoms with E-state index in [1.807, 2.05) is 18.2 Å². The first-order valence-corrected chi connectivity index (χ1v) is 9.70. The average Bonchev–Trinajstić information content (AvgIpc) is 3.39. The van der Waals surface area contributed by atoms with Gasteiger partial charge in [-0.25, -0.2) is 4.39 Å². The summed E-state index contributed by atoms with van der Waals surface area (Å²) in [5.41, 5.74) is 2.00. The number of rotatable bonds is 5. The molecule has 1 spiro atoms. The number of halogens is 2. The number of piperidine rings is 1. The number of hydrogen-bond donors (Lipinski definition) is 3. The summed E-state index contributed by atoms with van der Waals surface area (Å²) in [6, 6.07) is 12.9. The summed E-state index contributed by atoms with van der Waals surface area (Å²) in [7, 11) is 0. The van der Waals surface area contributed by atoms with Gasteiger partial charge in [0, 0.05) is 23.7 Å². The molecule has 5 nitrogen and oxygen atoms in total. The van der Waals surface area contributed by atoms with Crippen LogP contribution >= 0.6 is 12.4 Å². The fraction of sp³-hybridized carbons (Fsp3) is 0.364. The zero-order valence-corrected chi connectivity index (χ0v) is 16.9. The Labute approximate surface area is 175 Å². The van der Waals surface area contributed by atoms with E-state index in [9.17, 15) is 14.0 Å². The third-order valence-electron chi connectivity index (χ3n) is 5.84. The smallest absolute Gasteiger partial charge is 0.255 e. The molecule has 1 unspecified atom stereocenters. The molecule has 1 saturated heterocycles. The molecule has 1 atom stereocenters. The van der Waals surface area contributed by atoms with Gasteiger partial charge in [-0.15, -0.1) is 12.4 Å². The molecule has 154 valence electrons. The topological polar surface area (TPSA) is 70.2 Å². The highest BCUT2D eigenvalue weighted by Gasteiger charge is 2.57. The molecule has 4 rings (SSSR count). The Bertz CT molecular complexity index is 899. The quantitative estimate of drug-likeness (QED) is 0.697. The summed E-state index contributed by atoms with van der Waals surface area (Å²) in [4.78, 5) is 24.8. The van der Waals surface area contributed by atoms with Crippen molar-refractivity contribution in [3.63, 3.8) is 0 Å². The van der Waals surface area contributed by atoms with Crippen LogP contribution in [0.3, 0.4) is 0 Å². The van der Waals surface area contributed by atoms with E-state index in [1.165, 1.54) is 18.2 Å². The SMILES string of the molecule is Cl.O=C(Nc1cccc(CNC(=O)C2CC23CCNCC3)c1)c1cccc(F)c1. The van der Waals surface area contributed by atoms with Crippen LogP contribution in [0.1, 0.15) is 35.2 Å². The van der Waals surface area contributed by atoms with Gasteiger partial charge in [0.05, 0.1) is 0 Å². The van der Waals surface area contributed by atoms with Gasteiger partial charge in [0.15, 0.2) is 0 Å². The number of carbonyl (C=O) groups is 2. The van der Waals surface area contributed by atoms with Crippen LogP contribution in [-0.4, -0.2) is 24.9 Å². The zero-order chi connectivity index (χ0) is 19.6. The standard InChI is InChI=1S/C22H24FN3O2.ClH/c23-17-5-2-4-16(12-17)20(27)26-18-6-1-3-15(11-18)14-25-21(28)19-13-22(19)7-9-24-10-8-22;/h1-6,11-12,19,24H,7-10,13-14H2,(H,25,28)(H,26,27);1H. The Kier molecular flexibility index (Phi) is 6.55. The molecule has 2 fully saturated rings.